The second kappa shape index (κ2) is 8.11. The molecule has 1 atom stereocenters. The van der Waals surface area contributed by atoms with E-state index in [0.717, 1.165) is 0 Å². The summed E-state index contributed by atoms with van der Waals surface area (Å²) < 4.78 is 0.643. The Morgan fingerprint density at radius 3 is 2.58 bits per heavy atom. The molecule has 1 aromatic heterocycles. The Bertz CT molecular complexity index is 917. The Labute approximate surface area is 162 Å². The third kappa shape index (κ3) is 4.27. The first-order valence-corrected chi connectivity index (χ1v) is 9.26. The summed E-state index contributed by atoms with van der Waals surface area (Å²) in [5.74, 6) is -1.41. The van der Waals surface area contributed by atoms with Gasteiger partial charge in [0.2, 0.25) is 0 Å². The number of nitrogens with one attached hydrogen (secondary N) is 2. The Balaban J connectivity index is 1.94. The van der Waals surface area contributed by atoms with Gasteiger partial charge < -0.3 is 10.4 Å². The maximum absolute atomic E-state index is 12.8. The molecule has 1 unspecified atom stereocenters. The van der Waals surface area contributed by atoms with Crippen molar-refractivity contribution < 1.29 is 14.7 Å². The molecule has 0 aliphatic rings. The molecule has 0 saturated heterocycles. The third-order valence-electron chi connectivity index (χ3n) is 3.57. The van der Waals surface area contributed by atoms with Crippen molar-refractivity contribution in [3.63, 3.8) is 0 Å². The van der Waals surface area contributed by atoms with Crippen molar-refractivity contribution in [3.8, 4) is 0 Å². The number of hydrogen-bond acceptors (Lipinski definition) is 5. The fraction of sp³-hybridized carbons (Fsp3) is 0.0556. The summed E-state index contributed by atoms with van der Waals surface area (Å²) in [6, 6.07) is 13.2. The number of aromatic carboxylic acids is 1. The minimum Gasteiger partial charge on any atom is -0.478 e. The molecule has 3 rings (SSSR count). The molecule has 0 aliphatic heterocycles. The highest BCUT2D eigenvalue weighted by atomic mass is 79.9. The zero-order valence-electron chi connectivity index (χ0n) is 13.3. The van der Waals surface area contributed by atoms with E-state index < -0.39 is 12.0 Å². The van der Waals surface area contributed by atoms with Crippen LogP contribution in [0, 0.1) is 0 Å². The molecule has 0 saturated carbocycles. The monoisotopic (exact) mass is 431 g/mol. The standard InChI is InChI=1S/C18H14BrN3O3S/c19-12-6-7-14(13(10-12)17(24)25)21-15(11-4-2-1-3-5-11)16(23)22-18-20-8-9-26-18/h1-10,15,21H,(H,24,25)(H,20,22,23). The summed E-state index contributed by atoms with van der Waals surface area (Å²) in [4.78, 5) is 28.4. The van der Waals surface area contributed by atoms with E-state index in [9.17, 15) is 14.7 Å². The van der Waals surface area contributed by atoms with Gasteiger partial charge in [0.15, 0.2) is 5.13 Å². The minimum absolute atomic E-state index is 0.0716. The van der Waals surface area contributed by atoms with Crippen LogP contribution < -0.4 is 10.6 Å². The van der Waals surface area contributed by atoms with Crippen LogP contribution >= 0.6 is 27.3 Å². The average Bonchev–Trinajstić information content (AvgIpc) is 3.14. The maximum atomic E-state index is 12.8. The second-order valence-electron chi connectivity index (χ2n) is 5.31. The molecular formula is C18H14BrN3O3S. The minimum atomic E-state index is -1.08. The fourth-order valence-corrected chi connectivity index (χ4v) is 3.28. The van der Waals surface area contributed by atoms with Crippen LogP contribution in [0.1, 0.15) is 22.0 Å². The Kier molecular flexibility index (Phi) is 5.65. The Morgan fingerprint density at radius 2 is 1.92 bits per heavy atom. The Hall–Kier alpha value is -2.71. The van der Waals surface area contributed by atoms with E-state index in [0.29, 0.717) is 20.9 Å². The van der Waals surface area contributed by atoms with Crippen LogP contribution in [-0.2, 0) is 4.79 Å². The number of carboxylic acids is 1. The van der Waals surface area contributed by atoms with Crippen molar-refractivity contribution in [3.05, 3.63) is 75.7 Å². The quantitative estimate of drug-likeness (QED) is 0.537. The van der Waals surface area contributed by atoms with Gasteiger partial charge in [-0.2, -0.15) is 0 Å². The molecule has 6 nitrogen and oxygen atoms in total. The molecule has 26 heavy (non-hydrogen) atoms. The highest BCUT2D eigenvalue weighted by Crippen LogP contribution is 2.27. The first-order chi connectivity index (χ1) is 12.5. The lowest BCUT2D eigenvalue weighted by atomic mass is 10.0. The Morgan fingerprint density at radius 1 is 1.15 bits per heavy atom. The normalized spacial score (nSPS) is 11.6. The number of thiazole rings is 1. The number of rotatable bonds is 6. The maximum Gasteiger partial charge on any atom is 0.337 e. The number of carbonyl (C=O) groups is 2. The number of halogens is 1. The molecule has 1 amide bonds. The van der Waals surface area contributed by atoms with Crippen LogP contribution in [0.2, 0.25) is 0 Å². The van der Waals surface area contributed by atoms with E-state index in [4.69, 9.17) is 0 Å². The number of benzene rings is 2. The molecule has 2 aromatic carbocycles. The molecule has 8 heteroatoms. The first kappa shape index (κ1) is 18.1. The fourth-order valence-electron chi connectivity index (χ4n) is 2.38. The van der Waals surface area contributed by atoms with Gasteiger partial charge in [-0.25, -0.2) is 9.78 Å². The van der Waals surface area contributed by atoms with E-state index in [1.54, 1.807) is 35.8 Å². The van der Waals surface area contributed by atoms with Gasteiger partial charge in [-0.05, 0) is 23.8 Å². The van der Waals surface area contributed by atoms with Gasteiger partial charge in [-0.3, -0.25) is 10.1 Å². The van der Waals surface area contributed by atoms with Crippen molar-refractivity contribution in [1.29, 1.82) is 0 Å². The number of nitrogens with zero attached hydrogens (tertiary/aromatic N) is 1. The van der Waals surface area contributed by atoms with Gasteiger partial charge >= 0.3 is 5.97 Å². The summed E-state index contributed by atoms with van der Waals surface area (Å²) in [5.41, 5.74) is 1.13. The van der Waals surface area contributed by atoms with Gasteiger partial charge in [-0.1, -0.05) is 46.3 Å². The number of aromatic nitrogens is 1. The van der Waals surface area contributed by atoms with Gasteiger partial charge in [-0.15, -0.1) is 11.3 Å². The zero-order chi connectivity index (χ0) is 18.5. The van der Waals surface area contributed by atoms with Gasteiger partial charge in [0.25, 0.3) is 5.91 Å². The van der Waals surface area contributed by atoms with Crippen molar-refractivity contribution in [2.24, 2.45) is 0 Å². The number of carboxylic acid groups (broad SMARTS) is 1. The largest absolute Gasteiger partial charge is 0.478 e. The summed E-state index contributed by atoms with van der Waals surface area (Å²) >= 11 is 4.58. The second-order valence-corrected chi connectivity index (χ2v) is 7.12. The van der Waals surface area contributed by atoms with Gasteiger partial charge in [0, 0.05) is 21.7 Å². The summed E-state index contributed by atoms with van der Waals surface area (Å²) in [5, 5.41) is 17.5. The molecule has 0 fully saturated rings. The predicted molar refractivity (Wildman–Crippen MR) is 105 cm³/mol. The molecule has 3 N–H and O–H groups in total. The van der Waals surface area contributed by atoms with E-state index in [2.05, 4.69) is 31.5 Å². The summed E-state index contributed by atoms with van der Waals surface area (Å²) in [6.45, 7) is 0. The van der Waals surface area contributed by atoms with Crippen LogP contribution in [0.25, 0.3) is 0 Å². The van der Waals surface area contributed by atoms with Crippen molar-refractivity contribution in [2.75, 3.05) is 10.6 Å². The molecule has 0 aliphatic carbocycles. The van der Waals surface area contributed by atoms with Crippen LogP contribution in [0.15, 0.2) is 64.6 Å². The third-order valence-corrected chi connectivity index (χ3v) is 4.75. The molecule has 3 aromatic rings. The van der Waals surface area contributed by atoms with Gasteiger partial charge in [0.1, 0.15) is 6.04 Å². The van der Waals surface area contributed by atoms with Crippen LogP contribution in [-0.4, -0.2) is 22.0 Å². The number of amides is 1. The highest BCUT2D eigenvalue weighted by molar-refractivity contribution is 9.10. The molecule has 0 radical (unpaired) electrons. The lowest BCUT2D eigenvalue weighted by Gasteiger charge is -2.20. The van der Waals surface area contributed by atoms with Crippen molar-refractivity contribution >= 4 is 50.0 Å². The predicted octanol–water partition coefficient (Wildman–Crippen LogP) is 4.40. The molecule has 132 valence electrons. The van der Waals surface area contributed by atoms with Crippen molar-refractivity contribution in [2.45, 2.75) is 6.04 Å². The van der Waals surface area contributed by atoms with E-state index >= 15 is 0 Å². The number of hydrogen-bond donors (Lipinski definition) is 3. The molecule has 0 spiro atoms. The van der Waals surface area contributed by atoms with Crippen LogP contribution in [0.5, 0.6) is 0 Å². The average molecular weight is 432 g/mol. The zero-order valence-corrected chi connectivity index (χ0v) is 15.8. The SMILES string of the molecule is O=C(O)c1cc(Br)ccc1NC(C(=O)Nc1nccs1)c1ccccc1. The lowest BCUT2D eigenvalue weighted by Crippen LogP contribution is -2.28. The summed E-state index contributed by atoms with van der Waals surface area (Å²) in [7, 11) is 0. The number of carbonyl (C=O) groups excluding carboxylic acids is 1. The van der Waals surface area contributed by atoms with Gasteiger partial charge in [0.05, 0.1) is 5.56 Å². The number of anilines is 2. The van der Waals surface area contributed by atoms with E-state index in [-0.39, 0.29) is 11.5 Å². The van der Waals surface area contributed by atoms with Crippen molar-refractivity contribution in [1.82, 2.24) is 4.98 Å². The summed E-state index contributed by atoms with van der Waals surface area (Å²) in [6.07, 6.45) is 1.60. The molecular weight excluding hydrogens is 418 g/mol. The smallest absolute Gasteiger partial charge is 0.337 e. The first-order valence-electron chi connectivity index (χ1n) is 7.59. The highest BCUT2D eigenvalue weighted by Gasteiger charge is 2.23. The van der Waals surface area contributed by atoms with E-state index in [1.807, 2.05) is 18.2 Å². The topological polar surface area (TPSA) is 91.3 Å². The molecule has 0 bridgehead atoms. The van der Waals surface area contributed by atoms with Crippen LogP contribution in [0.4, 0.5) is 10.8 Å². The molecule has 1 heterocycles. The van der Waals surface area contributed by atoms with E-state index in [1.165, 1.54) is 17.4 Å². The van der Waals surface area contributed by atoms with Crippen LogP contribution in [0.3, 0.4) is 0 Å². The lowest BCUT2D eigenvalue weighted by molar-refractivity contribution is -0.117.